The highest BCUT2D eigenvalue weighted by Gasteiger charge is 2.41. The van der Waals surface area contributed by atoms with Crippen LogP contribution < -0.4 is 0 Å². The summed E-state index contributed by atoms with van der Waals surface area (Å²) in [5.41, 5.74) is 1.30. The summed E-state index contributed by atoms with van der Waals surface area (Å²) in [5.74, 6) is 2.69. The van der Waals surface area contributed by atoms with Crippen molar-refractivity contribution in [1.29, 1.82) is 0 Å². The van der Waals surface area contributed by atoms with Crippen LogP contribution in [0, 0.1) is 5.92 Å². The molecular formula is C11H17N3S2. The van der Waals surface area contributed by atoms with E-state index in [0.717, 1.165) is 5.92 Å². The second-order valence-electron chi connectivity index (χ2n) is 4.72. The normalized spacial score (nSPS) is 32.4. The standard InChI is InChI=1S/C11H17N3S2/c1-2-5-15-11-10(12-16-13-11)9-7-14-4-3-8(9)6-14/h8-9H,2-7H2,1H3/t8?,9-/m1/s1. The van der Waals surface area contributed by atoms with Crippen LogP contribution in [0.2, 0.25) is 0 Å². The summed E-state index contributed by atoms with van der Waals surface area (Å²) in [4.78, 5) is 2.57. The Morgan fingerprint density at radius 3 is 3.06 bits per heavy atom. The minimum atomic E-state index is 0.673. The number of aromatic nitrogens is 2. The van der Waals surface area contributed by atoms with Gasteiger partial charge in [-0.1, -0.05) is 6.92 Å². The van der Waals surface area contributed by atoms with Crippen molar-refractivity contribution in [2.75, 3.05) is 25.4 Å². The van der Waals surface area contributed by atoms with E-state index >= 15 is 0 Å². The molecule has 0 radical (unpaired) electrons. The van der Waals surface area contributed by atoms with Crippen LogP contribution in [0.25, 0.3) is 0 Å². The minimum Gasteiger partial charge on any atom is -0.302 e. The Balaban J connectivity index is 1.76. The van der Waals surface area contributed by atoms with Gasteiger partial charge in [-0.2, -0.15) is 8.75 Å². The predicted molar refractivity (Wildman–Crippen MR) is 68.2 cm³/mol. The molecule has 3 nitrogen and oxygen atoms in total. The lowest BCUT2D eigenvalue weighted by Crippen LogP contribution is -2.22. The molecule has 0 aromatic carbocycles. The smallest absolute Gasteiger partial charge is 0.134 e. The summed E-state index contributed by atoms with van der Waals surface area (Å²) in [6.07, 6.45) is 2.57. The molecule has 5 heteroatoms. The summed E-state index contributed by atoms with van der Waals surface area (Å²) < 4.78 is 9.01. The lowest BCUT2D eigenvalue weighted by atomic mass is 9.90. The Labute approximate surface area is 105 Å². The van der Waals surface area contributed by atoms with E-state index in [2.05, 4.69) is 20.6 Å². The average molecular weight is 255 g/mol. The zero-order chi connectivity index (χ0) is 11.0. The Hall–Kier alpha value is -0.130. The van der Waals surface area contributed by atoms with Gasteiger partial charge in [0, 0.05) is 19.0 Å². The van der Waals surface area contributed by atoms with Crippen molar-refractivity contribution >= 4 is 23.5 Å². The zero-order valence-corrected chi connectivity index (χ0v) is 11.2. The summed E-state index contributed by atoms with van der Waals surface area (Å²) in [6, 6.07) is 0. The van der Waals surface area contributed by atoms with Crippen LogP contribution in [0.3, 0.4) is 0 Å². The maximum absolute atomic E-state index is 4.55. The first-order valence-electron chi connectivity index (χ1n) is 6.06. The van der Waals surface area contributed by atoms with Gasteiger partial charge in [0.15, 0.2) is 0 Å². The lowest BCUT2D eigenvalue weighted by Gasteiger charge is -2.20. The second kappa shape index (κ2) is 4.63. The summed E-state index contributed by atoms with van der Waals surface area (Å²) >= 11 is 3.28. The molecule has 2 aliphatic rings. The number of hydrogen-bond acceptors (Lipinski definition) is 5. The molecule has 2 unspecified atom stereocenters. The number of hydrogen-bond donors (Lipinski definition) is 0. The molecule has 0 spiro atoms. The van der Waals surface area contributed by atoms with Gasteiger partial charge in [0.1, 0.15) is 5.03 Å². The molecule has 2 fully saturated rings. The minimum absolute atomic E-state index is 0.673. The Bertz CT molecular complexity index is 366. The molecule has 0 saturated carbocycles. The van der Waals surface area contributed by atoms with Crippen molar-refractivity contribution in [1.82, 2.24) is 13.6 Å². The lowest BCUT2D eigenvalue weighted by molar-refractivity contribution is 0.342. The number of nitrogens with zero attached hydrogens (tertiary/aromatic N) is 3. The molecule has 2 bridgehead atoms. The Kier molecular flexibility index (Phi) is 3.18. The second-order valence-corrected chi connectivity index (χ2v) is 6.33. The summed E-state index contributed by atoms with van der Waals surface area (Å²) in [7, 11) is 0. The van der Waals surface area contributed by atoms with Gasteiger partial charge in [-0.15, -0.1) is 11.8 Å². The fraction of sp³-hybridized carbons (Fsp3) is 0.818. The highest BCUT2D eigenvalue weighted by Crippen LogP contribution is 2.41. The van der Waals surface area contributed by atoms with Crippen molar-refractivity contribution in [2.24, 2.45) is 5.92 Å². The third-order valence-electron chi connectivity index (χ3n) is 3.61. The third kappa shape index (κ3) is 1.89. The molecule has 3 rings (SSSR count). The van der Waals surface area contributed by atoms with Crippen molar-refractivity contribution in [3.8, 4) is 0 Å². The topological polar surface area (TPSA) is 29.0 Å². The van der Waals surface area contributed by atoms with Gasteiger partial charge in [-0.3, -0.25) is 0 Å². The Morgan fingerprint density at radius 2 is 2.38 bits per heavy atom. The molecule has 88 valence electrons. The van der Waals surface area contributed by atoms with Crippen molar-refractivity contribution in [3.63, 3.8) is 0 Å². The van der Waals surface area contributed by atoms with E-state index in [1.807, 2.05) is 11.8 Å². The largest absolute Gasteiger partial charge is 0.302 e. The molecule has 3 atom stereocenters. The van der Waals surface area contributed by atoms with Crippen LogP contribution >= 0.6 is 23.5 Å². The third-order valence-corrected chi connectivity index (χ3v) is 5.45. The molecule has 0 aliphatic carbocycles. The molecular weight excluding hydrogens is 238 g/mol. The molecule has 0 amide bonds. The first-order chi connectivity index (χ1) is 7.88. The van der Waals surface area contributed by atoms with Gasteiger partial charge >= 0.3 is 0 Å². The van der Waals surface area contributed by atoms with Gasteiger partial charge in [0.25, 0.3) is 0 Å². The van der Waals surface area contributed by atoms with E-state index in [0.29, 0.717) is 5.92 Å². The van der Waals surface area contributed by atoms with E-state index in [-0.39, 0.29) is 0 Å². The molecule has 3 heterocycles. The van der Waals surface area contributed by atoms with Gasteiger partial charge in [-0.25, -0.2) is 0 Å². The number of thioether (sulfide) groups is 1. The monoisotopic (exact) mass is 255 g/mol. The molecule has 16 heavy (non-hydrogen) atoms. The summed E-state index contributed by atoms with van der Waals surface area (Å²) in [6.45, 7) is 6.03. The quantitative estimate of drug-likeness (QED) is 0.773. The molecule has 1 aromatic heterocycles. The van der Waals surface area contributed by atoms with Gasteiger partial charge in [-0.05, 0) is 31.1 Å². The molecule has 1 aromatic rings. The molecule has 2 aliphatic heterocycles. The summed E-state index contributed by atoms with van der Waals surface area (Å²) in [5, 5.41) is 1.21. The van der Waals surface area contributed by atoms with Crippen LogP contribution in [0.4, 0.5) is 0 Å². The van der Waals surface area contributed by atoms with Gasteiger partial charge in [0.2, 0.25) is 0 Å². The highest BCUT2D eigenvalue weighted by molar-refractivity contribution is 7.99. The van der Waals surface area contributed by atoms with Crippen LogP contribution in [0.5, 0.6) is 0 Å². The fourth-order valence-electron chi connectivity index (χ4n) is 2.81. The van der Waals surface area contributed by atoms with Crippen molar-refractivity contribution in [3.05, 3.63) is 5.69 Å². The van der Waals surface area contributed by atoms with Crippen LogP contribution in [-0.4, -0.2) is 39.0 Å². The highest BCUT2D eigenvalue weighted by atomic mass is 32.2. The number of rotatable bonds is 4. The first-order valence-corrected chi connectivity index (χ1v) is 7.77. The van der Waals surface area contributed by atoms with Gasteiger partial charge < -0.3 is 4.90 Å². The van der Waals surface area contributed by atoms with E-state index in [1.165, 1.54) is 60.7 Å². The predicted octanol–water partition coefficient (Wildman–Crippen LogP) is 2.46. The Morgan fingerprint density at radius 1 is 1.44 bits per heavy atom. The van der Waals surface area contributed by atoms with Gasteiger partial charge in [0.05, 0.1) is 17.4 Å². The number of fused-ring (bicyclic) bond motifs is 2. The SMILES string of the molecule is CCCSc1nsnc1[C@@H]1CN2CCC1C2. The number of piperidine rings is 1. The van der Waals surface area contributed by atoms with Crippen LogP contribution in [0.15, 0.2) is 5.03 Å². The van der Waals surface area contributed by atoms with E-state index in [4.69, 9.17) is 0 Å². The van der Waals surface area contributed by atoms with E-state index in [9.17, 15) is 0 Å². The maximum Gasteiger partial charge on any atom is 0.134 e. The van der Waals surface area contributed by atoms with Crippen LogP contribution in [-0.2, 0) is 0 Å². The maximum atomic E-state index is 4.55. The van der Waals surface area contributed by atoms with Crippen molar-refractivity contribution in [2.45, 2.75) is 30.7 Å². The molecule has 0 N–H and O–H groups in total. The van der Waals surface area contributed by atoms with E-state index < -0.39 is 0 Å². The first kappa shape index (κ1) is 11.0. The van der Waals surface area contributed by atoms with Crippen molar-refractivity contribution < 1.29 is 0 Å². The molecule has 2 saturated heterocycles. The fourth-order valence-corrected chi connectivity index (χ4v) is 4.44. The average Bonchev–Trinajstić information content (AvgIpc) is 3.01. The van der Waals surface area contributed by atoms with E-state index in [1.54, 1.807) is 0 Å². The van der Waals surface area contributed by atoms with Crippen LogP contribution in [0.1, 0.15) is 31.4 Å². The zero-order valence-electron chi connectivity index (χ0n) is 9.56.